The Hall–Kier alpha value is -1.23. The maximum absolute atomic E-state index is 10.7. The molecule has 1 aromatic rings. The van der Waals surface area contributed by atoms with Gasteiger partial charge in [0.25, 0.3) is 5.69 Å². The van der Waals surface area contributed by atoms with Crippen molar-refractivity contribution in [3.8, 4) is 0 Å². The van der Waals surface area contributed by atoms with Gasteiger partial charge in [-0.05, 0) is 25.2 Å². The molecule has 0 amide bonds. The largest absolute Gasteiger partial charge is 0.381 e. The molecule has 0 bridgehead atoms. The second kappa shape index (κ2) is 6.49. The molecule has 0 radical (unpaired) electrons. The fourth-order valence-corrected chi connectivity index (χ4v) is 2.15. The van der Waals surface area contributed by atoms with Crippen LogP contribution in [0.4, 0.5) is 11.4 Å². The molecule has 0 fully saturated rings. The van der Waals surface area contributed by atoms with Gasteiger partial charge < -0.3 is 5.32 Å². The van der Waals surface area contributed by atoms with E-state index in [2.05, 4.69) is 19.2 Å². The second-order valence-corrected chi connectivity index (χ2v) is 5.28. The molecular formula is C12H18N2O2S. The minimum atomic E-state index is -0.365. The topological polar surface area (TPSA) is 55.2 Å². The van der Waals surface area contributed by atoms with Gasteiger partial charge in [0.1, 0.15) is 0 Å². The van der Waals surface area contributed by atoms with Crippen molar-refractivity contribution in [2.24, 2.45) is 0 Å². The van der Waals surface area contributed by atoms with Crippen LogP contribution in [0.2, 0.25) is 0 Å². The Morgan fingerprint density at radius 2 is 2.24 bits per heavy atom. The smallest absolute Gasteiger partial charge is 0.271 e. The van der Waals surface area contributed by atoms with Gasteiger partial charge in [0, 0.05) is 29.6 Å². The van der Waals surface area contributed by atoms with Crippen molar-refractivity contribution in [3.63, 3.8) is 0 Å². The molecule has 4 nitrogen and oxygen atoms in total. The van der Waals surface area contributed by atoms with E-state index in [1.807, 2.05) is 18.7 Å². The molecule has 0 aliphatic heterocycles. The van der Waals surface area contributed by atoms with Gasteiger partial charge in [0.05, 0.1) is 4.92 Å². The number of rotatable bonds is 6. The van der Waals surface area contributed by atoms with Crippen LogP contribution in [0.25, 0.3) is 0 Å². The molecule has 17 heavy (non-hydrogen) atoms. The first kappa shape index (κ1) is 13.8. The third-order valence-corrected chi connectivity index (χ3v) is 3.55. The van der Waals surface area contributed by atoms with Gasteiger partial charge in [-0.15, -0.1) is 0 Å². The zero-order valence-corrected chi connectivity index (χ0v) is 11.2. The highest BCUT2D eigenvalue weighted by molar-refractivity contribution is 7.99. The normalized spacial score (nSPS) is 12.2. The summed E-state index contributed by atoms with van der Waals surface area (Å²) in [5.41, 5.74) is 2.01. The van der Waals surface area contributed by atoms with E-state index in [-0.39, 0.29) is 10.6 Å². The van der Waals surface area contributed by atoms with Crippen LogP contribution in [0.15, 0.2) is 18.2 Å². The number of anilines is 1. The van der Waals surface area contributed by atoms with Crippen LogP contribution in [0.5, 0.6) is 0 Å². The zero-order valence-electron chi connectivity index (χ0n) is 10.4. The quantitative estimate of drug-likeness (QED) is 0.624. The third kappa shape index (κ3) is 4.26. The lowest BCUT2D eigenvalue weighted by atomic mass is 10.1. The first-order valence-electron chi connectivity index (χ1n) is 5.64. The van der Waals surface area contributed by atoms with Crippen LogP contribution in [-0.2, 0) is 0 Å². The van der Waals surface area contributed by atoms with E-state index in [9.17, 15) is 10.1 Å². The summed E-state index contributed by atoms with van der Waals surface area (Å²) in [7, 11) is 0. The first-order valence-corrected chi connectivity index (χ1v) is 6.79. The summed E-state index contributed by atoms with van der Waals surface area (Å²) in [6, 6.07) is 5.22. The van der Waals surface area contributed by atoms with Crippen LogP contribution in [0.3, 0.4) is 0 Å². The Kier molecular flexibility index (Phi) is 5.28. The molecule has 94 valence electrons. The Morgan fingerprint density at radius 1 is 1.53 bits per heavy atom. The molecule has 0 aliphatic rings. The summed E-state index contributed by atoms with van der Waals surface area (Å²) < 4.78 is 0. The van der Waals surface area contributed by atoms with Crippen molar-refractivity contribution in [1.29, 1.82) is 0 Å². The number of nitro groups is 1. The van der Waals surface area contributed by atoms with E-state index in [0.29, 0.717) is 6.04 Å². The minimum Gasteiger partial charge on any atom is -0.381 e. The Morgan fingerprint density at radius 3 is 2.82 bits per heavy atom. The van der Waals surface area contributed by atoms with E-state index in [1.165, 1.54) is 6.07 Å². The van der Waals surface area contributed by atoms with Gasteiger partial charge in [-0.3, -0.25) is 10.1 Å². The summed E-state index contributed by atoms with van der Waals surface area (Å²) in [6.07, 6.45) is 0. The number of nitro benzene ring substituents is 1. The summed E-state index contributed by atoms with van der Waals surface area (Å²) >= 11 is 1.86. The Labute approximate surface area is 106 Å². The zero-order chi connectivity index (χ0) is 12.8. The number of nitrogens with one attached hydrogen (secondary N) is 1. The highest BCUT2D eigenvalue weighted by Crippen LogP contribution is 2.22. The molecule has 0 heterocycles. The van der Waals surface area contributed by atoms with Gasteiger partial charge in [0.15, 0.2) is 0 Å². The number of hydrogen-bond donors (Lipinski definition) is 1. The summed E-state index contributed by atoms with van der Waals surface area (Å²) in [5.74, 6) is 2.08. The Balaban J connectivity index is 2.75. The number of thioether (sulfide) groups is 1. The monoisotopic (exact) mass is 254 g/mol. The van der Waals surface area contributed by atoms with E-state index in [0.717, 1.165) is 22.8 Å². The molecule has 0 aliphatic carbocycles. The van der Waals surface area contributed by atoms with E-state index < -0.39 is 0 Å². The van der Waals surface area contributed by atoms with Crippen LogP contribution in [-0.4, -0.2) is 22.5 Å². The summed E-state index contributed by atoms with van der Waals surface area (Å²) in [4.78, 5) is 10.3. The van der Waals surface area contributed by atoms with Crippen molar-refractivity contribution in [2.75, 3.05) is 16.8 Å². The molecule has 0 aromatic heterocycles. The Bertz CT molecular complexity index is 396. The molecule has 0 saturated heterocycles. The number of aryl methyl sites for hydroxylation is 1. The average Bonchev–Trinajstić information content (AvgIpc) is 2.29. The first-order chi connectivity index (χ1) is 8.04. The van der Waals surface area contributed by atoms with Gasteiger partial charge in [0.2, 0.25) is 0 Å². The third-order valence-electron chi connectivity index (χ3n) is 2.41. The van der Waals surface area contributed by atoms with Crippen LogP contribution in [0.1, 0.15) is 19.4 Å². The maximum atomic E-state index is 10.7. The van der Waals surface area contributed by atoms with Gasteiger partial charge >= 0.3 is 0 Å². The van der Waals surface area contributed by atoms with Crippen molar-refractivity contribution < 1.29 is 4.92 Å². The summed E-state index contributed by atoms with van der Waals surface area (Å²) in [6.45, 7) is 6.16. The number of nitrogens with zero attached hydrogens (tertiary/aromatic N) is 1. The molecule has 0 spiro atoms. The highest BCUT2D eigenvalue weighted by atomic mass is 32.2. The fourth-order valence-electron chi connectivity index (χ4n) is 1.48. The van der Waals surface area contributed by atoms with Crippen molar-refractivity contribution in [1.82, 2.24) is 0 Å². The average molecular weight is 254 g/mol. The number of non-ortho nitro benzene ring substituents is 1. The number of hydrogen-bond acceptors (Lipinski definition) is 4. The maximum Gasteiger partial charge on any atom is 0.271 e. The van der Waals surface area contributed by atoms with Crippen molar-refractivity contribution in [2.45, 2.75) is 26.8 Å². The van der Waals surface area contributed by atoms with E-state index in [1.54, 1.807) is 12.1 Å². The molecule has 1 aromatic carbocycles. The molecular weight excluding hydrogens is 236 g/mol. The van der Waals surface area contributed by atoms with Crippen LogP contribution >= 0.6 is 11.8 Å². The highest BCUT2D eigenvalue weighted by Gasteiger charge is 2.10. The lowest BCUT2D eigenvalue weighted by Crippen LogP contribution is -2.18. The predicted molar refractivity (Wildman–Crippen MR) is 73.9 cm³/mol. The molecule has 5 heteroatoms. The molecule has 1 atom stereocenters. The van der Waals surface area contributed by atoms with E-state index in [4.69, 9.17) is 0 Å². The van der Waals surface area contributed by atoms with Crippen LogP contribution in [0, 0.1) is 17.0 Å². The van der Waals surface area contributed by atoms with Crippen molar-refractivity contribution >= 4 is 23.1 Å². The minimum absolute atomic E-state index is 0.133. The number of benzene rings is 1. The van der Waals surface area contributed by atoms with Gasteiger partial charge in [-0.1, -0.05) is 13.0 Å². The predicted octanol–water partition coefficient (Wildman–Crippen LogP) is 3.46. The van der Waals surface area contributed by atoms with Crippen LogP contribution < -0.4 is 5.32 Å². The van der Waals surface area contributed by atoms with E-state index >= 15 is 0 Å². The molecule has 0 saturated carbocycles. The molecule has 1 unspecified atom stereocenters. The molecule has 1 N–H and O–H groups in total. The lowest BCUT2D eigenvalue weighted by molar-refractivity contribution is -0.384. The van der Waals surface area contributed by atoms with Crippen molar-refractivity contribution in [3.05, 3.63) is 33.9 Å². The van der Waals surface area contributed by atoms with Gasteiger partial charge in [-0.25, -0.2) is 0 Å². The second-order valence-electron chi connectivity index (χ2n) is 3.96. The SMILES string of the molecule is CCSCC(C)Nc1cc([N+](=O)[O-])ccc1C. The lowest BCUT2D eigenvalue weighted by Gasteiger charge is -2.16. The molecule has 1 rings (SSSR count). The summed E-state index contributed by atoms with van der Waals surface area (Å²) in [5, 5.41) is 14.0. The standard InChI is InChI=1S/C12H18N2O2S/c1-4-17-8-10(3)13-12-7-11(14(15)16)6-5-9(12)2/h5-7,10,13H,4,8H2,1-3H3. The van der Waals surface area contributed by atoms with Gasteiger partial charge in [-0.2, -0.15) is 11.8 Å². The fraction of sp³-hybridized carbons (Fsp3) is 0.500.